The van der Waals surface area contributed by atoms with Gasteiger partial charge in [0, 0.05) is 6.04 Å². The van der Waals surface area contributed by atoms with Crippen LogP contribution in [0.1, 0.15) is 60.3 Å². The van der Waals surface area contributed by atoms with Crippen LogP contribution < -0.4 is 11.1 Å². The Morgan fingerprint density at radius 3 is 2.36 bits per heavy atom. The molecule has 2 unspecified atom stereocenters. The minimum absolute atomic E-state index is 0.00611. The molecule has 2 amide bonds. The van der Waals surface area contributed by atoms with E-state index in [2.05, 4.69) is 5.32 Å². The molecule has 1 saturated carbocycles. The molecule has 0 aromatic carbocycles. The van der Waals surface area contributed by atoms with Crippen molar-refractivity contribution in [3.63, 3.8) is 0 Å². The van der Waals surface area contributed by atoms with Gasteiger partial charge in [-0.15, -0.1) is 0 Å². The SMILES string of the molecule is CC(C)N(C(=O)CN)C1CCCCC1NC(=O)OC(C)(C)C. The van der Waals surface area contributed by atoms with E-state index in [-0.39, 0.29) is 30.6 Å². The van der Waals surface area contributed by atoms with Crippen molar-refractivity contribution in [1.29, 1.82) is 0 Å². The smallest absolute Gasteiger partial charge is 0.407 e. The second kappa shape index (κ2) is 7.81. The van der Waals surface area contributed by atoms with Gasteiger partial charge in [-0.2, -0.15) is 0 Å². The summed E-state index contributed by atoms with van der Waals surface area (Å²) < 4.78 is 5.34. The molecular weight excluding hydrogens is 282 g/mol. The van der Waals surface area contributed by atoms with E-state index < -0.39 is 11.7 Å². The molecule has 22 heavy (non-hydrogen) atoms. The van der Waals surface area contributed by atoms with E-state index in [9.17, 15) is 9.59 Å². The molecule has 1 aliphatic rings. The molecule has 0 aliphatic heterocycles. The van der Waals surface area contributed by atoms with E-state index in [1.165, 1.54) is 0 Å². The average Bonchev–Trinajstić information content (AvgIpc) is 2.38. The molecule has 0 radical (unpaired) electrons. The predicted molar refractivity (Wildman–Crippen MR) is 86.5 cm³/mol. The van der Waals surface area contributed by atoms with Crippen molar-refractivity contribution >= 4 is 12.0 Å². The first-order chi connectivity index (χ1) is 10.2. The average molecular weight is 313 g/mol. The number of hydrogen-bond donors (Lipinski definition) is 2. The number of carbonyl (C=O) groups is 2. The fourth-order valence-corrected chi connectivity index (χ4v) is 3.03. The zero-order chi connectivity index (χ0) is 16.9. The molecule has 0 saturated heterocycles. The normalized spacial score (nSPS) is 22.3. The Morgan fingerprint density at radius 2 is 1.86 bits per heavy atom. The molecule has 0 heterocycles. The van der Waals surface area contributed by atoms with Crippen molar-refractivity contribution in [1.82, 2.24) is 10.2 Å². The van der Waals surface area contributed by atoms with Crippen LogP contribution in [0.3, 0.4) is 0 Å². The van der Waals surface area contributed by atoms with Crippen molar-refractivity contribution in [3.05, 3.63) is 0 Å². The number of ether oxygens (including phenoxy) is 1. The van der Waals surface area contributed by atoms with Crippen LogP contribution in [-0.4, -0.2) is 47.2 Å². The number of rotatable bonds is 4. The van der Waals surface area contributed by atoms with Crippen molar-refractivity contribution in [2.24, 2.45) is 5.73 Å². The van der Waals surface area contributed by atoms with Gasteiger partial charge in [-0.3, -0.25) is 4.79 Å². The lowest BCUT2D eigenvalue weighted by Crippen LogP contribution is -2.58. The number of hydrogen-bond acceptors (Lipinski definition) is 4. The molecule has 0 aromatic rings. The van der Waals surface area contributed by atoms with E-state index in [1.54, 1.807) is 0 Å². The van der Waals surface area contributed by atoms with Crippen LogP contribution >= 0.6 is 0 Å². The molecule has 0 spiro atoms. The van der Waals surface area contributed by atoms with Crippen molar-refractivity contribution in [3.8, 4) is 0 Å². The van der Waals surface area contributed by atoms with E-state index in [0.29, 0.717) is 0 Å². The van der Waals surface area contributed by atoms with E-state index in [4.69, 9.17) is 10.5 Å². The largest absolute Gasteiger partial charge is 0.444 e. The molecule has 6 nitrogen and oxygen atoms in total. The third kappa shape index (κ3) is 5.48. The molecule has 2 atom stereocenters. The first-order valence-electron chi connectivity index (χ1n) is 8.16. The van der Waals surface area contributed by atoms with Crippen LogP contribution in [-0.2, 0) is 9.53 Å². The summed E-state index contributed by atoms with van der Waals surface area (Å²) in [7, 11) is 0. The molecule has 0 aromatic heterocycles. The highest BCUT2D eigenvalue weighted by Gasteiger charge is 2.35. The predicted octanol–water partition coefficient (Wildman–Crippen LogP) is 2.02. The van der Waals surface area contributed by atoms with Gasteiger partial charge < -0.3 is 20.7 Å². The minimum atomic E-state index is -0.529. The van der Waals surface area contributed by atoms with Crippen molar-refractivity contribution in [2.75, 3.05) is 6.54 Å². The Labute approximate surface area is 133 Å². The van der Waals surface area contributed by atoms with Gasteiger partial charge >= 0.3 is 6.09 Å². The zero-order valence-electron chi connectivity index (χ0n) is 14.5. The maximum absolute atomic E-state index is 12.2. The van der Waals surface area contributed by atoms with E-state index >= 15 is 0 Å². The Kier molecular flexibility index (Phi) is 6.66. The number of nitrogens with zero attached hydrogens (tertiary/aromatic N) is 1. The van der Waals surface area contributed by atoms with Crippen LogP contribution in [0, 0.1) is 0 Å². The van der Waals surface area contributed by atoms with Gasteiger partial charge in [-0.05, 0) is 47.5 Å². The topological polar surface area (TPSA) is 84.7 Å². The van der Waals surface area contributed by atoms with Crippen LogP contribution in [0.25, 0.3) is 0 Å². The van der Waals surface area contributed by atoms with E-state index in [1.807, 2.05) is 39.5 Å². The second-order valence-corrected chi connectivity index (χ2v) is 7.20. The number of carbonyl (C=O) groups excluding carboxylic acids is 2. The Morgan fingerprint density at radius 1 is 1.27 bits per heavy atom. The summed E-state index contributed by atoms with van der Waals surface area (Å²) in [4.78, 5) is 26.0. The molecule has 128 valence electrons. The lowest BCUT2D eigenvalue weighted by Gasteiger charge is -2.42. The van der Waals surface area contributed by atoms with Crippen LogP contribution in [0.4, 0.5) is 4.79 Å². The molecular formula is C16H31N3O3. The fourth-order valence-electron chi connectivity index (χ4n) is 3.03. The Balaban J connectivity index is 2.81. The lowest BCUT2D eigenvalue weighted by molar-refractivity contribution is -0.135. The summed E-state index contributed by atoms with van der Waals surface area (Å²) in [5, 5.41) is 2.94. The standard InChI is InChI=1S/C16H31N3O3/c1-11(2)19(14(20)10-17)13-9-7-6-8-12(13)18-15(21)22-16(3,4)5/h11-13H,6-10,17H2,1-5H3,(H,18,21). The van der Waals surface area contributed by atoms with Crippen LogP contribution in [0.5, 0.6) is 0 Å². The van der Waals surface area contributed by atoms with Gasteiger partial charge in [0.15, 0.2) is 0 Å². The third-order valence-corrected chi connectivity index (χ3v) is 3.81. The highest BCUT2D eigenvalue weighted by molar-refractivity contribution is 5.79. The third-order valence-electron chi connectivity index (χ3n) is 3.81. The number of amides is 2. The zero-order valence-corrected chi connectivity index (χ0v) is 14.5. The summed E-state index contributed by atoms with van der Waals surface area (Å²) in [6.07, 6.45) is 3.40. The first-order valence-corrected chi connectivity index (χ1v) is 8.16. The Hall–Kier alpha value is -1.30. The lowest BCUT2D eigenvalue weighted by atomic mass is 9.88. The summed E-state index contributed by atoms with van der Waals surface area (Å²) in [6, 6.07) is -0.0408. The van der Waals surface area contributed by atoms with Crippen LogP contribution in [0.2, 0.25) is 0 Å². The summed E-state index contributed by atoms with van der Waals surface area (Å²) in [5.74, 6) is -0.0714. The van der Waals surface area contributed by atoms with Gasteiger partial charge in [0.2, 0.25) is 5.91 Å². The Bertz CT molecular complexity index is 391. The van der Waals surface area contributed by atoms with Gasteiger partial charge in [0.25, 0.3) is 0 Å². The molecule has 1 rings (SSSR count). The van der Waals surface area contributed by atoms with E-state index in [0.717, 1.165) is 25.7 Å². The molecule has 1 fully saturated rings. The molecule has 0 bridgehead atoms. The van der Waals surface area contributed by atoms with Crippen molar-refractivity contribution < 1.29 is 14.3 Å². The second-order valence-electron chi connectivity index (χ2n) is 7.20. The fraction of sp³-hybridized carbons (Fsp3) is 0.875. The van der Waals surface area contributed by atoms with Crippen molar-refractivity contribution in [2.45, 2.75) is 84.0 Å². The highest BCUT2D eigenvalue weighted by Crippen LogP contribution is 2.25. The molecule has 1 aliphatic carbocycles. The maximum atomic E-state index is 12.2. The van der Waals surface area contributed by atoms with Gasteiger partial charge in [0.1, 0.15) is 5.60 Å². The number of nitrogens with two attached hydrogens (primary N) is 1. The van der Waals surface area contributed by atoms with Gasteiger partial charge in [-0.25, -0.2) is 4.79 Å². The first kappa shape index (κ1) is 18.7. The maximum Gasteiger partial charge on any atom is 0.407 e. The quantitative estimate of drug-likeness (QED) is 0.831. The van der Waals surface area contributed by atoms with Gasteiger partial charge in [-0.1, -0.05) is 12.8 Å². The number of nitrogens with one attached hydrogen (secondary N) is 1. The molecule has 3 N–H and O–H groups in total. The summed E-state index contributed by atoms with van der Waals surface area (Å²) >= 11 is 0. The minimum Gasteiger partial charge on any atom is -0.444 e. The summed E-state index contributed by atoms with van der Waals surface area (Å²) in [5.41, 5.74) is 5.02. The van der Waals surface area contributed by atoms with Gasteiger partial charge in [0.05, 0.1) is 18.6 Å². The monoisotopic (exact) mass is 313 g/mol. The summed E-state index contributed by atoms with van der Waals surface area (Å²) in [6.45, 7) is 9.46. The highest BCUT2D eigenvalue weighted by atomic mass is 16.6. The number of alkyl carbamates (subject to hydrolysis) is 1. The molecule has 6 heteroatoms. The van der Waals surface area contributed by atoms with Crippen LogP contribution in [0.15, 0.2) is 0 Å².